The molecule has 21 heavy (non-hydrogen) atoms. The molecule has 1 aromatic rings. The van der Waals surface area contributed by atoms with Crippen molar-refractivity contribution in [1.29, 1.82) is 0 Å². The van der Waals surface area contributed by atoms with Crippen molar-refractivity contribution in [3.63, 3.8) is 0 Å². The van der Waals surface area contributed by atoms with Crippen molar-refractivity contribution in [1.82, 2.24) is 10.2 Å². The number of rotatable bonds is 8. The largest absolute Gasteiger partial charge is 0.480 e. The first-order valence-electron chi connectivity index (χ1n) is 7.01. The maximum Gasteiger partial charge on any atom is 0.326 e. The number of carbonyl (C=O) groups excluding carboxylic acids is 1. The number of nitrogens with zero attached hydrogens (tertiary/aromatic N) is 1. The number of benzene rings is 1. The molecule has 1 aromatic carbocycles. The summed E-state index contributed by atoms with van der Waals surface area (Å²) in [4.78, 5) is 24.8. The second kappa shape index (κ2) is 8.97. The third kappa shape index (κ3) is 5.83. The summed E-state index contributed by atoms with van der Waals surface area (Å²) in [6, 6.07) is 7.68. The highest BCUT2D eigenvalue weighted by molar-refractivity contribution is 5.82. The van der Waals surface area contributed by atoms with Gasteiger partial charge in [-0.1, -0.05) is 37.3 Å². The molecule has 2 amide bonds. The van der Waals surface area contributed by atoms with Gasteiger partial charge >= 0.3 is 12.0 Å². The highest BCUT2D eigenvalue weighted by atomic mass is 16.4. The van der Waals surface area contributed by atoms with Crippen LogP contribution in [0.1, 0.15) is 18.9 Å². The van der Waals surface area contributed by atoms with Crippen LogP contribution < -0.4 is 5.32 Å². The van der Waals surface area contributed by atoms with Crippen LogP contribution in [0.3, 0.4) is 0 Å². The Labute approximate surface area is 124 Å². The summed E-state index contributed by atoms with van der Waals surface area (Å²) in [5.41, 5.74) is 0.842. The maximum absolute atomic E-state index is 12.1. The maximum atomic E-state index is 12.1. The van der Waals surface area contributed by atoms with Gasteiger partial charge in [0.15, 0.2) is 0 Å². The van der Waals surface area contributed by atoms with Crippen LogP contribution in [-0.2, 0) is 11.2 Å². The van der Waals surface area contributed by atoms with Gasteiger partial charge in [0.05, 0.1) is 6.61 Å². The molecule has 1 rings (SSSR count). The van der Waals surface area contributed by atoms with E-state index in [2.05, 4.69) is 5.32 Å². The molecule has 0 saturated heterocycles. The lowest BCUT2D eigenvalue weighted by atomic mass is 10.1. The Morgan fingerprint density at radius 1 is 1.24 bits per heavy atom. The van der Waals surface area contributed by atoms with Crippen molar-refractivity contribution in [2.24, 2.45) is 0 Å². The minimum absolute atomic E-state index is 0.149. The number of urea groups is 1. The molecule has 0 aliphatic heterocycles. The van der Waals surface area contributed by atoms with Crippen LogP contribution in [0, 0.1) is 0 Å². The van der Waals surface area contributed by atoms with Gasteiger partial charge in [0.1, 0.15) is 6.04 Å². The van der Waals surface area contributed by atoms with Crippen LogP contribution in [0.5, 0.6) is 0 Å². The zero-order valence-electron chi connectivity index (χ0n) is 12.2. The molecule has 0 aliphatic carbocycles. The van der Waals surface area contributed by atoms with Gasteiger partial charge in [0, 0.05) is 19.5 Å². The summed E-state index contributed by atoms with van der Waals surface area (Å²) in [7, 11) is 0. The zero-order chi connectivity index (χ0) is 15.7. The summed E-state index contributed by atoms with van der Waals surface area (Å²) in [5, 5.41) is 20.7. The third-order valence-electron chi connectivity index (χ3n) is 3.03. The number of carboxylic acid groups (broad SMARTS) is 1. The van der Waals surface area contributed by atoms with E-state index in [9.17, 15) is 14.7 Å². The second-order valence-electron chi connectivity index (χ2n) is 4.74. The average molecular weight is 294 g/mol. The van der Waals surface area contributed by atoms with Gasteiger partial charge in [0.25, 0.3) is 0 Å². The Balaban J connectivity index is 2.69. The normalized spacial score (nSPS) is 11.7. The average Bonchev–Trinajstić information content (AvgIpc) is 2.47. The Morgan fingerprint density at radius 3 is 2.43 bits per heavy atom. The second-order valence-corrected chi connectivity index (χ2v) is 4.74. The highest BCUT2D eigenvalue weighted by Crippen LogP contribution is 2.04. The lowest BCUT2D eigenvalue weighted by Gasteiger charge is -2.24. The first-order chi connectivity index (χ1) is 10.1. The summed E-state index contributed by atoms with van der Waals surface area (Å²) < 4.78 is 0. The van der Waals surface area contributed by atoms with Gasteiger partial charge in [-0.3, -0.25) is 0 Å². The lowest BCUT2D eigenvalue weighted by molar-refractivity contribution is -0.139. The van der Waals surface area contributed by atoms with Crippen molar-refractivity contribution in [3.8, 4) is 0 Å². The van der Waals surface area contributed by atoms with E-state index in [0.717, 1.165) is 12.0 Å². The molecule has 0 spiro atoms. The number of nitrogens with one attached hydrogen (secondary N) is 1. The zero-order valence-corrected chi connectivity index (χ0v) is 12.2. The van der Waals surface area contributed by atoms with Crippen LogP contribution in [0.2, 0.25) is 0 Å². The van der Waals surface area contributed by atoms with Crippen molar-refractivity contribution >= 4 is 12.0 Å². The summed E-state index contributed by atoms with van der Waals surface area (Å²) in [6.45, 7) is 2.43. The van der Waals surface area contributed by atoms with E-state index < -0.39 is 18.0 Å². The monoisotopic (exact) mass is 294 g/mol. The smallest absolute Gasteiger partial charge is 0.326 e. The van der Waals surface area contributed by atoms with Gasteiger partial charge in [-0.25, -0.2) is 9.59 Å². The third-order valence-corrected chi connectivity index (χ3v) is 3.03. The molecule has 0 radical (unpaired) electrons. The summed E-state index contributed by atoms with van der Waals surface area (Å²) >= 11 is 0. The fraction of sp³-hybridized carbons (Fsp3) is 0.467. The Hall–Kier alpha value is -2.08. The Morgan fingerprint density at radius 2 is 1.90 bits per heavy atom. The number of carbonyl (C=O) groups is 2. The first-order valence-corrected chi connectivity index (χ1v) is 7.01. The Kier molecular flexibility index (Phi) is 7.25. The highest BCUT2D eigenvalue weighted by Gasteiger charge is 2.23. The standard InChI is InChI=1S/C15H22N2O4/c1-2-8-17(9-10-18)15(21)16-13(14(19)20)11-12-6-4-3-5-7-12/h3-7,13,18H,2,8-11H2,1H3,(H,16,21)(H,19,20)/t13-/m0/s1. The molecule has 0 aromatic heterocycles. The molecule has 0 heterocycles. The SMILES string of the molecule is CCCN(CCO)C(=O)N[C@@H](Cc1ccccc1)C(=O)O. The number of carboxylic acids is 1. The summed E-state index contributed by atoms with van der Waals surface area (Å²) in [6.07, 6.45) is 0.963. The van der Waals surface area contributed by atoms with E-state index in [1.807, 2.05) is 37.3 Å². The number of aliphatic hydroxyl groups excluding tert-OH is 1. The minimum Gasteiger partial charge on any atom is -0.480 e. The predicted octanol–water partition coefficient (Wildman–Crippen LogP) is 1.10. The fourth-order valence-electron chi connectivity index (χ4n) is 2.00. The van der Waals surface area contributed by atoms with Gasteiger partial charge in [-0.2, -0.15) is 0 Å². The number of hydrogen-bond acceptors (Lipinski definition) is 3. The molecule has 0 saturated carbocycles. The lowest BCUT2D eigenvalue weighted by Crippen LogP contribution is -2.49. The van der Waals surface area contributed by atoms with E-state index in [0.29, 0.717) is 6.54 Å². The van der Waals surface area contributed by atoms with E-state index in [1.165, 1.54) is 4.90 Å². The molecule has 6 nitrogen and oxygen atoms in total. The fourth-order valence-corrected chi connectivity index (χ4v) is 2.00. The van der Waals surface area contributed by atoms with Gasteiger partial charge in [-0.05, 0) is 12.0 Å². The van der Waals surface area contributed by atoms with E-state index in [1.54, 1.807) is 0 Å². The predicted molar refractivity (Wildman–Crippen MR) is 79.1 cm³/mol. The number of aliphatic hydroxyl groups is 1. The van der Waals surface area contributed by atoms with E-state index >= 15 is 0 Å². The minimum atomic E-state index is -1.08. The quantitative estimate of drug-likeness (QED) is 0.669. The molecule has 3 N–H and O–H groups in total. The van der Waals surface area contributed by atoms with Crippen LogP contribution in [0.15, 0.2) is 30.3 Å². The van der Waals surface area contributed by atoms with Crippen molar-refractivity contribution in [2.45, 2.75) is 25.8 Å². The molecular weight excluding hydrogens is 272 g/mol. The number of aliphatic carboxylic acids is 1. The van der Waals surface area contributed by atoms with E-state index in [4.69, 9.17) is 5.11 Å². The number of amides is 2. The molecule has 0 fully saturated rings. The molecule has 0 aliphatic rings. The van der Waals surface area contributed by atoms with Crippen LogP contribution in [0.4, 0.5) is 4.79 Å². The number of hydrogen-bond donors (Lipinski definition) is 3. The van der Waals surface area contributed by atoms with Crippen LogP contribution in [0.25, 0.3) is 0 Å². The first kappa shape index (κ1) is 17.0. The van der Waals surface area contributed by atoms with Crippen LogP contribution in [-0.4, -0.2) is 52.9 Å². The molecule has 0 bridgehead atoms. The Bertz CT molecular complexity index is 444. The van der Waals surface area contributed by atoms with Crippen molar-refractivity contribution < 1.29 is 19.8 Å². The van der Waals surface area contributed by atoms with Crippen molar-refractivity contribution in [2.75, 3.05) is 19.7 Å². The van der Waals surface area contributed by atoms with Gasteiger partial charge < -0.3 is 20.4 Å². The van der Waals surface area contributed by atoms with Crippen LogP contribution >= 0.6 is 0 Å². The molecule has 1 atom stereocenters. The molecule has 116 valence electrons. The van der Waals surface area contributed by atoms with Gasteiger partial charge in [-0.15, -0.1) is 0 Å². The van der Waals surface area contributed by atoms with Crippen molar-refractivity contribution in [3.05, 3.63) is 35.9 Å². The van der Waals surface area contributed by atoms with Gasteiger partial charge in [0.2, 0.25) is 0 Å². The van der Waals surface area contributed by atoms with E-state index in [-0.39, 0.29) is 19.6 Å². The molecular formula is C15H22N2O4. The molecule has 6 heteroatoms. The summed E-state index contributed by atoms with van der Waals surface area (Å²) in [5.74, 6) is -1.08. The molecule has 0 unspecified atom stereocenters. The topological polar surface area (TPSA) is 89.9 Å².